The largest absolute Gasteiger partial charge is 0.497 e. The Labute approximate surface area is 91.2 Å². The van der Waals surface area contributed by atoms with E-state index in [1.807, 2.05) is 0 Å². The van der Waals surface area contributed by atoms with Crippen molar-refractivity contribution in [2.45, 2.75) is 17.8 Å². The topological polar surface area (TPSA) is 35.2 Å². The highest BCUT2D eigenvalue weighted by molar-refractivity contribution is 5.42. The van der Waals surface area contributed by atoms with E-state index < -0.39 is 17.2 Å². The van der Waals surface area contributed by atoms with Crippen LogP contribution in [0.4, 0.5) is 13.2 Å². The maximum Gasteiger partial charge on any atom is 0.260 e. The van der Waals surface area contributed by atoms with Crippen molar-refractivity contribution in [1.82, 2.24) is 0 Å². The summed E-state index contributed by atoms with van der Waals surface area (Å²) in [5, 5.41) is 0. The Balaban J connectivity index is 2.42. The molecule has 0 spiro atoms. The predicted molar refractivity (Wildman–Crippen MR) is 53.2 cm³/mol. The van der Waals surface area contributed by atoms with Crippen LogP contribution in [0.15, 0.2) is 18.2 Å². The molecule has 0 aromatic heterocycles. The summed E-state index contributed by atoms with van der Waals surface area (Å²) in [5.41, 5.74) is 3.79. The van der Waals surface area contributed by atoms with Gasteiger partial charge in [0.1, 0.15) is 11.6 Å². The number of halogens is 3. The van der Waals surface area contributed by atoms with Crippen LogP contribution in [0.3, 0.4) is 0 Å². The Bertz CT molecular complexity index is 422. The predicted octanol–water partition coefficient (Wildman–Crippen LogP) is 2.07. The molecule has 0 radical (unpaired) electrons. The van der Waals surface area contributed by atoms with Crippen molar-refractivity contribution < 1.29 is 17.9 Å². The molecule has 1 aliphatic rings. The molecule has 0 saturated heterocycles. The Morgan fingerprint density at radius 1 is 1.44 bits per heavy atom. The molecule has 1 saturated carbocycles. The first kappa shape index (κ1) is 11.3. The smallest absolute Gasteiger partial charge is 0.260 e. The molecule has 1 atom stereocenters. The van der Waals surface area contributed by atoms with Crippen LogP contribution in [0.1, 0.15) is 12.0 Å². The fourth-order valence-corrected chi connectivity index (χ4v) is 1.97. The summed E-state index contributed by atoms with van der Waals surface area (Å²) in [7, 11) is 1.39. The maximum atomic E-state index is 13.6. The van der Waals surface area contributed by atoms with Gasteiger partial charge in [0.25, 0.3) is 5.92 Å². The lowest BCUT2D eigenvalue weighted by Gasteiger charge is -2.15. The first-order valence-corrected chi connectivity index (χ1v) is 4.89. The highest BCUT2D eigenvalue weighted by Gasteiger charge is 2.71. The molecule has 0 bridgehead atoms. The monoisotopic (exact) mass is 231 g/mol. The Kier molecular flexibility index (Phi) is 2.38. The molecule has 0 amide bonds. The fourth-order valence-electron chi connectivity index (χ4n) is 1.97. The van der Waals surface area contributed by atoms with Gasteiger partial charge in [-0.3, -0.25) is 0 Å². The minimum atomic E-state index is -2.91. The lowest BCUT2D eigenvalue weighted by molar-refractivity contribution is 0.0886. The van der Waals surface area contributed by atoms with Gasteiger partial charge in [-0.2, -0.15) is 0 Å². The van der Waals surface area contributed by atoms with Crippen molar-refractivity contribution in [1.29, 1.82) is 0 Å². The van der Waals surface area contributed by atoms with E-state index in [1.165, 1.54) is 19.2 Å². The van der Waals surface area contributed by atoms with Crippen LogP contribution in [0.5, 0.6) is 5.75 Å². The van der Waals surface area contributed by atoms with Crippen molar-refractivity contribution in [2.75, 3.05) is 13.7 Å². The molecule has 1 aliphatic carbocycles. The van der Waals surface area contributed by atoms with Gasteiger partial charge in [0.15, 0.2) is 0 Å². The van der Waals surface area contributed by atoms with Gasteiger partial charge >= 0.3 is 0 Å². The van der Waals surface area contributed by atoms with Gasteiger partial charge in [0, 0.05) is 24.6 Å². The van der Waals surface area contributed by atoms with Crippen LogP contribution >= 0.6 is 0 Å². The van der Waals surface area contributed by atoms with Crippen molar-refractivity contribution in [2.24, 2.45) is 5.73 Å². The quantitative estimate of drug-likeness (QED) is 0.864. The number of ether oxygens (including phenoxy) is 1. The van der Waals surface area contributed by atoms with E-state index in [1.54, 1.807) is 0 Å². The Morgan fingerprint density at radius 2 is 2.06 bits per heavy atom. The van der Waals surface area contributed by atoms with E-state index in [0.29, 0.717) is 5.75 Å². The molecule has 1 aromatic rings. The molecular weight excluding hydrogens is 219 g/mol. The summed E-state index contributed by atoms with van der Waals surface area (Å²) in [6.07, 6.45) is -0.389. The zero-order valence-corrected chi connectivity index (χ0v) is 8.77. The molecule has 88 valence electrons. The number of alkyl halides is 2. The van der Waals surface area contributed by atoms with E-state index in [2.05, 4.69) is 0 Å². The molecule has 1 unspecified atom stereocenters. The maximum absolute atomic E-state index is 13.6. The second kappa shape index (κ2) is 3.38. The number of nitrogens with two attached hydrogens (primary N) is 1. The molecule has 1 aromatic carbocycles. The second-order valence-corrected chi connectivity index (χ2v) is 4.01. The molecule has 2 rings (SSSR count). The summed E-state index contributed by atoms with van der Waals surface area (Å²) in [6, 6.07) is 3.88. The van der Waals surface area contributed by atoms with Gasteiger partial charge in [0.2, 0.25) is 0 Å². The molecule has 2 N–H and O–H groups in total. The zero-order valence-electron chi connectivity index (χ0n) is 8.77. The summed E-state index contributed by atoms with van der Waals surface area (Å²) >= 11 is 0. The minimum Gasteiger partial charge on any atom is -0.497 e. The lowest BCUT2D eigenvalue weighted by Crippen LogP contribution is -2.27. The third-order valence-corrected chi connectivity index (χ3v) is 3.14. The number of benzene rings is 1. The summed E-state index contributed by atoms with van der Waals surface area (Å²) in [4.78, 5) is 0. The summed E-state index contributed by atoms with van der Waals surface area (Å²) in [5.74, 6) is -3.30. The van der Waals surface area contributed by atoms with Crippen LogP contribution in [0, 0.1) is 5.82 Å². The van der Waals surface area contributed by atoms with Crippen LogP contribution in [-0.2, 0) is 5.41 Å². The molecular formula is C11H12F3NO. The average Bonchev–Trinajstić information content (AvgIpc) is 2.81. The normalized spacial score (nSPS) is 26.6. The van der Waals surface area contributed by atoms with E-state index in [9.17, 15) is 13.2 Å². The number of hydrogen-bond acceptors (Lipinski definition) is 2. The van der Waals surface area contributed by atoms with Crippen LogP contribution in [0.25, 0.3) is 0 Å². The highest BCUT2D eigenvalue weighted by atomic mass is 19.3. The fraction of sp³-hybridized carbons (Fsp3) is 0.455. The van der Waals surface area contributed by atoms with Gasteiger partial charge in [0.05, 0.1) is 12.5 Å². The van der Waals surface area contributed by atoms with Gasteiger partial charge in [-0.1, -0.05) is 6.07 Å². The first-order chi connectivity index (χ1) is 7.47. The number of hydrogen-bond donors (Lipinski definition) is 1. The van der Waals surface area contributed by atoms with E-state index in [0.717, 1.165) is 6.07 Å². The standard InChI is InChI=1S/C11H12F3NO/c1-16-7-2-3-8(9(12)4-7)10(6-15)5-11(10,13)14/h2-4H,5-6,15H2,1H3. The second-order valence-electron chi connectivity index (χ2n) is 4.01. The minimum absolute atomic E-state index is 0.0270. The van der Waals surface area contributed by atoms with Gasteiger partial charge in [-0.15, -0.1) is 0 Å². The third kappa shape index (κ3) is 1.38. The number of rotatable bonds is 3. The molecule has 0 heterocycles. The first-order valence-electron chi connectivity index (χ1n) is 4.89. The summed E-state index contributed by atoms with van der Waals surface area (Å²) < 4.78 is 44.9. The Morgan fingerprint density at radius 3 is 2.44 bits per heavy atom. The van der Waals surface area contributed by atoms with Gasteiger partial charge < -0.3 is 10.5 Å². The van der Waals surface area contributed by atoms with E-state index in [-0.39, 0.29) is 18.5 Å². The molecule has 16 heavy (non-hydrogen) atoms. The molecule has 5 heteroatoms. The molecule has 2 nitrogen and oxygen atoms in total. The average molecular weight is 231 g/mol. The zero-order chi connectivity index (χ0) is 12.0. The summed E-state index contributed by atoms with van der Waals surface area (Å²) in [6.45, 7) is -0.261. The van der Waals surface area contributed by atoms with Crippen molar-refractivity contribution in [3.8, 4) is 5.75 Å². The van der Waals surface area contributed by atoms with Crippen LogP contribution in [-0.4, -0.2) is 19.6 Å². The van der Waals surface area contributed by atoms with Gasteiger partial charge in [-0.05, 0) is 6.07 Å². The van der Waals surface area contributed by atoms with Crippen LogP contribution < -0.4 is 10.5 Å². The Hall–Kier alpha value is -1.23. The van der Waals surface area contributed by atoms with Gasteiger partial charge in [-0.25, -0.2) is 13.2 Å². The molecule has 1 fully saturated rings. The van der Waals surface area contributed by atoms with Crippen molar-refractivity contribution in [3.05, 3.63) is 29.6 Å². The SMILES string of the molecule is COc1ccc(C2(CN)CC2(F)F)c(F)c1. The van der Waals surface area contributed by atoms with Crippen LogP contribution in [0.2, 0.25) is 0 Å². The van der Waals surface area contributed by atoms with Crippen molar-refractivity contribution >= 4 is 0 Å². The third-order valence-electron chi connectivity index (χ3n) is 3.14. The number of methoxy groups -OCH3 is 1. The van der Waals surface area contributed by atoms with E-state index >= 15 is 0 Å². The van der Waals surface area contributed by atoms with Crippen molar-refractivity contribution in [3.63, 3.8) is 0 Å². The lowest BCUT2D eigenvalue weighted by atomic mass is 9.94. The highest BCUT2D eigenvalue weighted by Crippen LogP contribution is 2.61. The molecule has 0 aliphatic heterocycles. The van der Waals surface area contributed by atoms with E-state index in [4.69, 9.17) is 10.5 Å².